The number of rotatable bonds is 7. The van der Waals surface area contributed by atoms with E-state index in [1.165, 1.54) is 0 Å². The van der Waals surface area contributed by atoms with Crippen LogP contribution in [0.15, 0.2) is 0 Å². The summed E-state index contributed by atoms with van der Waals surface area (Å²) in [5.41, 5.74) is 0. The molecule has 1 aromatic heterocycles. The molecule has 0 aliphatic carbocycles. The molecule has 0 bridgehead atoms. The van der Waals surface area contributed by atoms with Gasteiger partial charge < -0.3 is 10.4 Å². The van der Waals surface area contributed by atoms with E-state index >= 15 is 0 Å². The average molecular weight is 283 g/mol. The van der Waals surface area contributed by atoms with Crippen molar-refractivity contribution in [2.75, 3.05) is 11.9 Å². The van der Waals surface area contributed by atoms with Crippen LogP contribution in [0.2, 0.25) is 0 Å². The standard InChI is InChI=1S/C9H12F3N3O2S/c10-9(11,12)7-14-15-8(18-7)13-5-3-1-2-4-6(16)17/h1-5H2,(H,13,15)(H,16,17). The largest absolute Gasteiger partial charge is 0.481 e. The van der Waals surface area contributed by atoms with Gasteiger partial charge in [0.25, 0.3) is 0 Å². The number of aromatic nitrogens is 2. The molecule has 5 nitrogen and oxygen atoms in total. The van der Waals surface area contributed by atoms with Crippen LogP contribution in [0, 0.1) is 0 Å². The van der Waals surface area contributed by atoms with Crippen molar-refractivity contribution >= 4 is 22.4 Å². The molecule has 18 heavy (non-hydrogen) atoms. The topological polar surface area (TPSA) is 75.1 Å². The van der Waals surface area contributed by atoms with E-state index in [2.05, 4.69) is 15.5 Å². The Morgan fingerprint density at radius 1 is 1.28 bits per heavy atom. The highest BCUT2D eigenvalue weighted by molar-refractivity contribution is 7.15. The summed E-state index contributed by atoms with van der Waals surface area (Å²) in [5.74, 6) is -0.845. The third-order valence-corrected chi connectivity index (χ3v) is 2.94. The van der Waals surface area contributed by atoms with Gasteiger partial charge in [0.2, 0.25) is 10.1 Å². The van der Waals surface area contributed by atoms with E-state index in [1.54, 1.807) is 0 Å². The zero-order chi connectivity index (χ0) is 13.6. The van der Waals surface area contributed by atoms with E-state index in [4.69, 9.17) is 5.11 Å². The van der Waals surface area contributed by atoms with E-state index in [0.717, 1.165) is 0 Å². The Morgan fingerprint density at radius 2 is 2.00 bits per heavy atom. The fraction of sp³-hybridized carbons (Fsp3) is 0.667. The van der Waals surface area contributed by atoms with Gasteiger partial charge in [0.15, 0.2) is 0 Å². The maximum absolute atomic E-state index is 12.2. The number of halogens is 3. The minimum Gasteiger partial charge on any atom is -0.481 e. The van der Waals surface area contributed by atoms with E-state index in [1.807, 2.05) is 0 Å². The Bertz CT molecular complexity index is 395. The predicted molar refractivity (Wildman–Crippen MR) is 59.5 cm³/mol. The molecule has 0 fully saturated rings. The highest BCUT2D eigenvalue weighted by Crippen LogP contribution is 2.32. The minimum atomic E-state index is -4.46. The second-order valence-corrected chi connectivity index (χ2v) is 4.52. The van der Waals surface area contributed by atoms with Gasteiger partial charge in [0, 0.05) is 13.0 Å². The normalized spacial score (nSPS) is 11.5. The van der Waals surface area contributed by atoms with Gasteiger partial charge in [-0.05, 0) is 12.8 Å². The number of anilines is 1. The van der Waals surface area contributed by atoms with E-state index < -0.39 is 17.2 Å². The maximum atomic E-state index is 12.2. The smallest absolute Gasteiger partial charge is 0.445 e. The third-order valence-electron chi connectivity index (χ3n) is 2.01. The van der Waals surface area contributed by atoms with Crippen molar-refractivity contribution in [3.8, 4) is 0 Å². The quantitative estimate of drug-likeness (QED) is 0.752. The maximum Gasteiger partial charge on any atom is 0.445 e. The molecule has 0 amide bonds. The molecule has 0 unspecified atom stereocenters. The molecular weight excluding hydrogens is 271 g/mol. The van der Waals surface area contributed by atoms with Crippen LogP contribution in [0.25, 0.3) is 0 Å². The second kappa shape index (κ2) is 6.53. The molecule has 1 heterocycles. The fourth-order valence-electron chi connectivity index (χ4n) is 1.18. The highest BCUT2D eigenvalue weighted by atomic mass is 32.1. The summed E-state index contributed by atoms with van der Waals surface area (Å²) in [7, 11) is 0. The lowest BCUT2D eigenvalue weighted by atomic mass is 10.2. The zero-order valence-corrected chi connectivity index (χ0v) is 10.1. The molecule has 102 valence electrons. The van der Waals surface area contributed by atoms with Crippen molar-refractivity contribution in [3.05, 3.63) is 5.01 Å². The Labute approximate surface area is 105 Å². The molecule has 1 aromatic rings. The molecule has 0 atom stereocenters. The summed E-state index contributed by atoms with van der Waals surface area (Å²) < 4.78 is 36.6. The molecule has 0 saturated carbocycles. The number of nitrogens with zero attached hydrogens (tertiary/aromatic N) is 2. The van der Waals surface area contributed by atoms with E-state index in [0.29, 0.717) is 37.1 Å². The van der Waals surface area contributed by atoms with E-state index in [9.17, 15) is 18.0 Å². The van der Waals surface area contributed by atoms with Crippen LogP contribution in [0.5, 0.6) is 0 Å². The number of aliphatic carboxylic acids is 1. The summed E-state index contributed by atoms with van der Waals surface area (Å²) in [4.78, 5) is 10.2. The molecule has 2 N–H and O–H groups in total. The summed E-state index contributed by atoms with van der Waals surface area (Å²) in [5, 5.41) is 16.7. The zero-order valence-electron chi connectivity index (χ0n) is 9.33. The van der Waals surface area contributed by atoms with Gasteiger partial charge in [-0.25, -0.2) is 0 Å². The number of hydrogen-bond acceptors (Lipinski definition) is 5. The Balaban J connectivity index is 2.20. The Kier molecular flexibility index (Phi) is 5.32. The summed E-state index contributed by atoms with van der Waals surface area (Å²) >= 11 is 0.456. The lowest BCUT2D eigenvalue weighted by Crippen LogP contribution is -2.03. The summed E-state index contributed by atoms with van der Waals surface area (Å²) in [6.45, 7) is 0.451. The number of unbranched alkanes of at least 4 members (excludes halogenated alkanes) is 2. The lowest BCUT2D eigenvalue weighted by molar-refractivity contribution is -0.138. The number of nitrogens with one attached hydrogen (secondary N) is 1. The van der Waals surface area contributed by atoms with Crippen molar-refractivity contribution in [2.45, 2.75) is 31.9 Å². The number of hydrogen-bond donors (Lipinski definition) is 2. The van der Waals surface area contributed by atoms with Crippen LogP contribution in [0.3, 0.4) is 0 Å². The van der Waals surface area contributed by atoms with Crippen molar-refractivity contribution in [2.24, 2.45) is 0 Å². The van der Waals surface area contributed by atoms with Crippen molar-refractivity contribution in [1.29, 1.82) is 0 Å². The predicted octanol–water partition coefficient (Wildman–Crippen LogP) is 2.61. The first-order valence-corrected chi connectivity index (χ1v) is 6.07. The fourth-order valence-corrected chi connectivity index (χ4v) is 1.82. The average Bonchev–Trinajstić information content (AvgIpc) is 2.71. The van der Waals surface area contributed by atoms with Gasteiger partial charge in [-0.3, -0.25) is 4.79 Å². The van der Waals surface area contributed by atoms with Crippen molar-refractivity contribution in [3.63, 3.8) is 0 Å². The number of carboxylic acid groups (broad SMARTS) is 1. The van der Waals surface area contributed by atoms with Gasteiger partial charge in [0.05, 0.1) is 0 Å². The molecule has 0 aliphatic rings. The van der Waals surface area contributed by atoms with Crippen LogP contribution >= 0.6 is 11.3 Å². The first-order valence-electron chi connectivity index (χ1n) is 5.26. The van der Waals surface area contributed by atoms with Crippen LogP contribution in [0.1, 0.15) is 30.7 Å². The molecular formula is C9H12F3N3O2S. The van der Waals surface area contributed by atoms with Crippen molar-refractivity contribution < 1.29 is 23.1 Å². The molecule has 0 radical (unpaired) electrons. The Hall–Kier alpha value is -1.38. The lowest BCUT2D eigenvalue weighted by Gasteiger charge is -2.01. The van der Waals surface area contributed by atoms with Gasteiger partial charge in [-0.15, -0.1) is 10.2 Å². The second-order valence-electron chi connectivity index (χ2n) is 3.54. The SMILES string of the molecule is O=C(O)CCCCCNc1nnc(C(F)(F)F)s1. The summed E-state index contributed by atoms with van der Waals surface area (Å²) in [6.07, 6.45) is -2.42. The van der Waals surface area contributed by atoms with Crippen LogP contribution in [-0.2, 0) is 11.0 Å². The highest BCUT2D eigenvalue weighted by Gasteiger charge is 2.35. The monoisotopic (exact) mass is 283 g/mol. The molecule has 9 heteroatoms. The summed E-state index contributed by atoms with van der Waals surface area (Å²) in [6, 6.07) is 0. The molecule has 0 saturated heterocycles. The van der Waals surface area contributed by atoms with Gasteiger partial charge in [-0.2, -0.15) is 13.2 Å². The molecule has 0 aromatic carbocycles. The van der Waals surface area contributed by atoms with Gasteiger partial charge in [-0.1, -0.05) is 17.8 Å². The number of carbonyl (C=O) groups is 1. The number of carboxylic acids is 1. The number of alkyl halides is 3. The molecule has 0 spiro atoms. The first-order chi connectivity index (χ1) is 8.39. The van der Waals surface area contributed by atoms with Crippen molar-refractivity contribution in [1.82, 2.24) is 10.2 Å². The first kappa shape index (κ1) is 14.7. The van der Waals surface area contributed by atoms with Crippen LogP contribution < -0.4 is 5.32 Å². The molecule has 0 aliphatic heterocycles. The van der Waals surface area contributed by atoms with Crippen LogP contribution in [-0.4, -0.2) is 27.8 Å². The molecule has 1 rings (SSSR count). The minimum absolute atomic E-state index is 0.108. The Morgan fingerprint density at radius 3 is 2.56 bits per heavy atom. The van der Waals surface area contributed by atoms with E-state index in [-0.39, 0.29) is 11.6 Å². The van der Waals surface area contributed by atoms with Gasteiger partial charge >= 0.3 is 12.1 Å². The third kappa shape index (κ3) is 5.30. The van der Waals surface area contributed by atoms with Crippen LogP contribution in [0.4, 0.5) is 18.3 Å². The van der Waals surface area contributed by atoms with Gasteiger partial charge in [0.1, 0.15) is 0 Å².